The first kappa shape index (κ1) is 19.9. The van der Waals surface area contributed by atoms with Gasteiger partial charge in [0.25, 0.3) is 0 Å². The van der Waals surface area contributed by atoms with Crippen LogP contribution in [0.1, 0.15) is 18.9 Å². The first-order valence-corrected chi connectivity index (χ1v) is 8.25. The Morgan fingerprint density at radius 3 is 2.65 bits per heavy atom. The second kappa shape index (κ2) is 7.84. The van der Waals surface area contributed by atoms with Gasteiger partial charge in [0.15, 0.2) is 0 Å². The van der Waals surface area contributed by atoms with Crippen LogP contribution in [0.25, 0.3) is 0 Å². The zero-order valence-electron chi connectivity index (χ0n) is 14.6. The number of carboxylic acid groups (broad SMARTS) is 1. The number of hydrogen-bond acceptors (Lipinski definition) is 3. The van der Waals surface area contributed by atoms with E-state index in [0.29, 0.717) is 13.0 Å². The predicted molar refractivity (Wildman–Crippen MR) is 90.0 cm³/mol. The van der Waals surface area contributed by atoms with Gasteiger partial charge in [0.05, 0.1) is 11.5 Å². The normalized spacial score (nSPS) is 18.5. The summed E-state index contributed by atoms with van der Waals surface area (Å²) in [5.41, 5.74) is -0.594. The summed E-state index contributed by atoms with van der Waals surface area (Å²) < 4.78 is 39.5. The summed E-state index contributed by atoms with van der Waals surface area (Å²) in [6.45, 7) is 2.21. The lowest BCUT2D eigenvalue weighted by molar-refractivity contribution is -0.141. The Hall–Kier alpha value is -2.45. The second-order valence-electron chi connectivity index (χ2n) is 6.52. The van der Waals surface area contributed by atoms with Crippen molar-refractivity contribution in [1.29, 1.82) is 0 Å². The highest BCUT2D eigenvalue weighted by atomic mass is 19.4. The van der Waals surface area contributed by atoms with Crippen LogP contribution >= 0.6 is 0 Å². The zero-order valence-corrected chi connectivity index (χ0v) is 14.6. The summed E-state index contributed by atoms with van der Waals surface area (Å²) in [5, 5.41) is 11.6. The number of nitrogens with one attached hydrogen (secondary N) is 1. The first-order chi connectivity index (χ1) is 12.1. The third kappa shape index (κ3) is 4.80. The lowest BCUT2D eigenvalue weighted by Crippen LogP contribution is -2.46. The third-order valence-electron chi connectivity index (χ3n) is 4.38. The van der Waals surface area contributed by atoms with Crippen molar-refractivity contribution in [3.63, 3.8) is 0 Å². The molecule has 2 rings (SSSR count). The van der Waals surface area contributed by atoms with Gasteiger partial charge in [-0.15, -0.1) is 0 Å². The molecular weight excluding hydrogens is 351 g/mol. The van der Waals surface area contributed by atoms with Crippen LogP contribution in [0.4, 0.5) is 23.7 Å². The fourth-order valence-electron chi connectivity index (χ4n) is 2.94. The number of benzene rings is 1. The predicted octanol–water partition coefficient (Wildman–Crippen LogP) is 2.65. The van der Waals surface area contributed by atoms with Crippen LogP contribution in [0.2, 0.25) is 0 Å². The van der Waals surface area contributed by atoms with Gasteiger partial charge in [-0.25, -0.2) is 4.79 Å². The average Bonchev–Trinajstić information content (AvgIpc) is 3.02. The van der Waals surface area contributed by atoms with Crippen LogP contribution in [0.3, 0.4) is 0 Å². The van der Waals surface area contributed by atoms with E-state index in [4.69, 9.17) is 5.11 Å². The van der Waals surface area contributed by atoms with Crippen molar-refractivity contribution in [3.05, 3.63) is 29.8 Å². The molecule has 0 spiro atoms. The fourth-order valence-corrected chi connectivity index (χ4v) is 2.94. The fraction of sp³-hybridized carbons (Fsp3) is 0.529. The van der Waals surface area contributed by atoms with Crippen LogP contribution in [-0.2, 0) is 11.0 Å². The zero-order chi connectivity index (χ0) is 19.5. The summed E-state index contributed by atoms with van der Waals surface area (Å²) in [6.07, 6.45) is -3.93. The molecule has 1 aromatic carbocycles. The smallest absolute Gasteiger partial charge is 0.418 e. The average molecular weight is 373 g/mol. The van der Waals surface area contributed by atoms with Crippen molar-refractivity contribution < 1.29 is 27.9 Å². The van der Waals surface area contributed by atoms with E-state index in [1.807, 2.05) is 0 Å². The summed E-state index contributed by atoms with van der Waals surface area (Å²) in [7, 11) is 1.49. The molecule has 6 nitrogen and oxygen atoms in total. The van der Waals surface area contributed by atoms with Crippen LogP contribution in [0.5, 0.6) is 0 Å². The molecule has 1 aliphatic heterocycles. The summed E-state index contributed by atoms with van der Waals surface area (Å²) >= 11 is 0. The Balaban J connectivity index is 1.97. The molecule has 0 aliphatic carbocycles. The van der Waals surface area contributed by atoms with Crippen LogP contribution < -0.4 is 10.2 Å². The van der Waals surface area contributed by atoms with Gasteiger partial charge >= 0.3 is 18.2 Å². The molecule has 1 heterocycles. The van der Waals surface area contributed by atoms with E-state index in [2.05, 4.69) is 5.32 Å². The molecule has 2 unspecified atom stereocenters. The minimum Gasteiger partial charge on any atom is -0.481 e. The van der Waals surface area contributed by atoms with Gasteiger partial charge in [0, 0.05) is 38.4 Å². The molecular formula is C17H22F3N3O3. The molecule has 1 fully saturated rings. The van der Waals surface area contributed by atoms with Crippen molar-refractivity contribution >= 4 is 17.7 Å². The first-order valence-electron chi connectivity index (χ1n) is 8.25. The number of hydrogen-bond donors (Lipinski definition) is 2. The molecule has 2 N–H and O–H groups in total. The Kier molecular flexibility index (Phi) is 5.99. The standard InChI is InChI=1S/C17H22F3N3O3/c1-11(15(24)25)9-22(2)16(26)21-12-7-8-23(10-12)14-6-4-3-5-13(14)17(18,19)20/h3-6,11-12H,7-10H2,1-2H3,(H,21,26)(H,24,25). The molecule has 1 aliphatic rings. The number of carbonyl (C=O) groups is 2. The monoisotopic (exact) mass is 373 g/mol. The number of anilines is 1. The number of aliphatic carboxylic acids is 1. The molecule has 2 atom stereocenters. The second-order valence-corrected chi connectivity index (χ2v) is 6.52. The molecule has 2 amide bonds. The van der Waals surface area contributed by atoms with Crippen LogP contribution in [-0.4, -0.2) is 54.7 Å². The molecule has 1 saturated heterocycles. The van der Waals surface area contributed by atoms with E-state index in [9.17, 15) is 22.8 Å². The topological polar surface area (TPSA) is 72.9 Å². The van der Waals surface area contributed by atoms with E-state index in [1.165, 1.54) is 31.0 Å². The van der Waals surface area contributed by atoms with Gasteiger partial charge < -0.3 is 20.2 Å². The summed E-state index contributed by atoms with van der Waals surface area (Å²) in [6, 6.07) is 4.63. The van der Waals surface area contributed by atoms with Gasteiger partial charge in [-0.2, -0.15) is 13.2 Å². The van der Waals surface area contributed by atoms with Crippen LogP contribution in [0.15, 0.2) is 24.3 Å². The largest absolute Gasteiger partial charge is 0.481 e. The summed E-state index contributed by atoms with van der Waals surface area (Å²) in [4.78, 5) is 25.9. The minimum absolute atomic E-state index is 0.0501. The molecule has 0 aromatic heterocycles. The Labute approximate surface area is 149 Å². The van der Waals surface area contributed by atoms with E-state index in [-0.39, 0.29) is 24.8 Å². The number of nitrogens with zero attached hydrogens (tertiary/aromatic N) is 2. The highest BCUT2D eigenvalue weighted by Crippen LogP contribution is 2.37. The Bertz CT molecular complexity index is 666. The molecule has 9 heteroatoms. The lowest BCUT2D eigenvalue weighted by Gasteiger charge is -2.24. The number of urea groups is 1. The van der Waals surface area contributed by atoms with E-state index in [1.54, 1.807) is 11.0 Å². The Morgan fingerprint density at radius 1 is 1.38 bits per heavy atom. The van der Waals surface area contributed by atoms with Gasteiger partial charge in [0.1, 0.15) is 0 Å². The number of alkyl halides is 3. The highest BCUT2D eigenvalue weighted by molar-refractivity contribution is 5.76. The summed E-state index contributed by atoms with van der Waals surface area (Å²) in [5.74, 6) is -1.70. The number of amides is 2. The lowest BCUT2D eigenvalue weighted by atomic mass is 10.1. The number of para-hydroxylation sites is 1. The van der Waals surface area contributed by atoms with Crippen molar-refractivity contribution in [3.8, 4) is 0 Å². The van der Waals surface area contributed by atoms with Gasteiger partial charge in [0.2, 0.25) is 0 Å². The van der Waals surface area contributed by atoms with Crippen molar-refractivity contribution in [1.82, 2.24) is 10.2 Å². The maximum atomic E-state index is 13.2. The minimum atomic E-state index is -4.44. The van der Waals surface area contributed by atoms with Gasteiger partial charge in [-0.3, -0.25) is 4.79 Å². The maximum absolute atomic E-state index is 13.2. The van der Waals surface area contributed by atoms with Gasteiger partial charge in [-0.05, 0) is 18.6 Å². The molecule has 26 heavy (non-hydrogen) atoms. The van der Waals surface area contributed by atoms with Crippen molar-refractivity contribution in [2.45, 2.75) is 25.6 Å². The molecule has 0 bridgehead atoms. The van der Waals surface area contributed by atoms with E-state index >= 15 is 0 Å². The third-order valence-corrected chi connectivity index (χ3v) is 4.38. The van der Waals surface area contributed by atoms with E-state index in [0.717, 1.165) is 6.07 Å². The molecule has 0 saturated carbocycles. The van der Waals surface area contributed by atoms with Crippen molar-refractivity contribution in [2.75, 3.05) is 31.6 Å². The van der Waals surface area contributed by atoms with Gasteiger partial charge in [-0.1, -0.05) is 19.1 Å². The van der Waals surface area contributed by atoms with E-state index < -0.39 is 29.7 Å². The van der Waals surface area contributed by atoms with Crippen molar-refractivity contribution in [2.24, 2.45) is 5.92 Å². The molecule has 144 valence electrons. The Morgan fingerprint density at radius 2 is 2.04 bits per heavy atom. The quantitative estimate of drug-likeness (QED) is 0.832. The number of halogens is 3. The number of rotatable bonds is 5. The van der Waals surface area contributed by atoms with Crippen LogP contribution in [0, 0.1) is 5.92 Å². The molecule has 1 aromatic rings. The SMILES string of the molecule is CC(CN(C)C(=O)NC1CCN(c2ccccc2C(F)(F)F)C1)C(=O)O. The maximum Gasteiger partial charge on any atom is 0.418 e. The highest BCUT2D eigenvalue weighted by Gasteiger charge is 2.36. The molecule has 0 radical (unpaired) electrons. The number of carbonyl (C=O) groups excluding carboxylic acids is 1. The number of carboxylic acids is 1.